The van der Waals surface area contributed by atoms with Crippen LogP contribution in [0.15, 0.2) is 36.7 Å². The highest BCUT2D eigenvalue weighted by atomic mass is 35.5. The fourth-order valence-electron chi connectivity index (χ4n) is 4.37. The Kier molecular flexibility index (Phi) is 3.34. The van der Waals surface area contributed by atoms with E-state index >= 15 is 0 Å². The number of nitrogens with one attached hydrogen (secondary N) is 1. The van der Waals surface area contributed by atoms with Gasteiger partial charge in [-0.2, -0.15) is 0 Å². The van der Waals surface area contributed by atoms with Gasteiger partial charge in [0.1, 0.15) is 0 Å². The summed E-state index contributed by atoms with van der Waals surface area (Å²) in [6.45, 7) is 5.36. The molecule has 0 radical (unpaired) electrons. The van der Waals surface area contributed by atoms with Crippen LogP contribution in [-0.4, -0.2) is 17.7 Å². The van der Waals surface area contributed by atoms with Gasteiger partial charge in [-0.25, -0.2) is 0 Å². The first-order chi connectivity index (χ1) is 10.5. The van der Waals surface area contributed by atoms with Crippen LogP contribution >= 0.6 is 23.2 Å². The lowest BCUT2D eigenvalue weighted by atomic mass is 9.81. The first-order valence-electron chi connectivity index (χ1n) is 7.83. The summed E-state index contributed by atoms with van der Waals surface area (Å²) in [5.41, 5.74) is 3.23. The Bertz CT molecular complexity index is 724. The van der Waals surface area contributed by atoms with Crippen molar-refractivity contribution in [1.29, 1.82) is 0 Å². The molecule has 22 heavy (non-hydrogen) atoms. The van der Waals surface area contributed by atoms with Crippen LogP contribution in [0.4, 0.5) is 0 Å². The van der Waals surface area contributed by atoms with Crippen molar-refractivity contribution in [3.63, 3.8) is 0 Å². The van der Waals surface area contributed by atoms with Gasteiger partial charge >= 0.3 is 0 Å². The minimum absolute atomic E-state index is 0.255. The predicted octanol–water partition coefficient (Wildman–Crippen LogP) is 4.42. The van der Waals surface area contributed by atoms with Crippen LogP contribution in [0.25, 0.3) is 0 Å². The van der Waals surface area contributed by atoms with Crippen LogP contribution in [0.5, 0.6) is 0 Å². The summed E-state index contributed by atoms with van der Waals surface area (Å²) in [7, 11) is 0. The van der Waals surface area contributed by atoms with Crippen LogP contribution in [0, 0.1) is 12.3 Å². The number of halogens is 2. The normalized spacial score (nSPS) is 30.1. The van der Waals surface area contributed by atoms with Crippen LogP contribution in [0.3, 0.4) is 0 Å². The molecular weight excluding hydrogens is 315 g/mol. The number of piperidine rings is 1. The van der Waals surface area contributed by atoms with E-state index in [-0.39, 0.29) is 5.41 Å². The molecule has 1 unspecified atom stereocenters. The van der Waals surface area contributed by atoms with Gasteiger partial charge in [-0.15, -0.1) is 0 Å². The molecule has 1 aromatic carbocycles. The van der Waals surface area contributed by atoms with Gasteiger partial charge in [0.15, 0.2) is 0 Å². The second-order valence-electron chi connectivity index (χ2n) is 6.96. The van der Waals surface area contributed by atoms with E-state index in [1.807, 2.05) is 6.07 Å². The van der Waals surface area contributed by atoms with Crippen LogP contribution in [-0.2, 0) is 12.0 Å². The first-order valence-corrected chi connectivity index (χ1v) is 8.59. The second-order valence-corrected chi connectivity index (χ2v) is 7.77. The predicted molar refractivity (Wildman–Crippen MR) is 91.8 cm³/mol. The van der Waals surface area contributed by atoms with Crippen molar-refractivity contribution in [2.75, 3.05) is 13.1 Å². The summed E-state index contributed by atoms with van der Waals surface area (Å²) < 4.78 is 2.33. The fraction of sp³-hybridized carbons (Fsp3) is 0.444. The molecule has 1 saturated carbocycles. The molecule has 0 bridgehead atoms. The highest BCUT2D eigenvalue weighted by Gasteiger charge is 2.68. The third kappa shape index (κ3) is 2.12. The summed E-state index contributed by atoms with van der Waals surface area (Å²) in [5.74, 6) is 0. The summed E-state index contributed by atoms with van der Waals surface area (Å²) in [6.07, 6.45) is 6.82. The average Bonchev–Trinajstić information content (AvgIpc) is 3.01. The van der Waals surface area contributed by atoms with E-state index in [9.17, 15) is 0 Å². The van der Waals surface area contributed by atoms with E-state index < -0.39 is 0 Å². The molecule has 4 rings (SSSR count). The third-order valence-corrected chi connectivity index (χ3v) is 6.32. The molecular formula is C18H20Cl2N2. The summed E-state index contributed by atoms with van der Waals surface area (Å²) in [6, 6.07) is 8.37. The standard InChI is InChI=1S/C18H20Cl2N2/c1-13-4-7-22(9-13)12-17-10-18(17,5-6-21-11-17)14-2-3-15(19)16(20)8-14/h2-4,7-9,21H,5-6,10-12H2,1H3/t17?,18-/m1/s1. The summed E-state index contributed by atoms with van der Waals surface area (Å²) >= 11 is 12.4. The summed E-state index contributed by atoms with van der Waals surface area (Å²) in [5, 5.41) is 4.90. The number of hydrogen-bond acceptors (Lipinski definition) is 1. The maximum Gasteiger partial charge on any atom is 0.0595 e. The molecule has 1 N–H and O–H groups in total. The minimum Gasteiger partial charge on any atom is -0.353 e. The minimum atomic E-state index is 0.255. The molecule has 0 amide bonds. The van der Waals surface area contributed by atoms with E-state index in [1.54, 1.807) is 0 Å². The molecule has 1 aromatic heterocycles. The van der Waals surface area contributed by atoms with E-state index in [0.29, 0.717) is 15.5 Å². The lowest BCUT2D eigenvalue weighted by Crippen LogP contribution is -2.40. The van der Waals surface area contributed by atoms with Crippen molar-refractivity contribution in [2.45, 2.75) is 31.7 Å². The number of fused-ring (bicyclic) bond motifs is 1. The topological polar surface area (TPSA) is 17.0 Å². The Morgan fingerprint density at radius 3 is 2.82 bits per heavy atom. The molecule has 2 aromatic rings. The van der Waals surface area contributed by atoms with Crippen molar-refractivity contribution in [2.24, 2.45) is 5.41 Å². The van der Waals surface area contributed by atoms with Crippen LogP contribution in [0.1, 0.15) is 24.0 Å². The molecule has 2 nitrogen and oxygen atoms in total. The Labute approximate surface area is 141 Å². The monoisotopic (exact) mass is 334 g/mol. The molecule has 2 heterocycles. The highest BCUT2D eigenvalue weighted by Crippen LogP contribution is 2.68. The molecule has 2 atom stereocenters. The molecule has 1 aliphatic carbocycles. The van der Waals surface area contributed by atoms with E-state index in [0.717, 1.165) is 19.6 Å². The van der Waals surface area contributed by atoms with Gasteiger partial charge in [-0.1, -0.05) is 29.3 Å². The zero-order chi connectivity index (χ0) is 15.4. The van der Waals surface area contributed by atoms with Gasteiger partial charge in [0.05, 0.1) is 10.0 Å². The Balaban J connectivity index is 1.69. The van der Waals surface area contributed by atoms with Crippen LogP contribution < -0.4 is 5.32 Å². The molecule has 1 aliphatic heterocycles. The molecule has 1 saturated heterocycles. The van der Waals surface area contributed by atoms with Gasteiger partial charge < -0.3 is 9.88 Å². The Morgan fingerprint density at radius 1 is 1.23 bits per heavy atom. The molecule has 4 heteroatoms. The van der Waals surface area contributed by atoms with Crippen molar-refractivity contribution in [1.82, 2.24) is 9.88 Å². The van der Waals surface area contributed by atoms with Crippen molar-refractivity contribution in [3.8, 4) is 0 Å². The summed E-state index contributed by atoms with van der Waals surface area (Å²) in [4.78, 5) is 0. The maximum atomic E-state index is 6.27. The second kappa shape index (κ2) is 5.02. The molecule has 2 fully saturated rings. The van der Waals surface area contributed by atoms with Crippen molar-refractivity contribution in [3.05, 3.63) is 57.8 Å². The molecule has 0 spiro atoms. The average molecular weight is 335 g/mol. The number of aryl methyl sites for hydroxylation is 1. The van der Waals surface area contributed by atoms with Crippen molar-refractivity contribution >= 4 is 23.2 Å². The van der Waals surface area contributed by atoms with Gasteiger partial charge in [0.2, 0.25) is 0 Å². The van der Waals surface area contributed by atoms with Gasteiger partial charge in [0.25, 0.3) is 0 Å². The first kappa shape index (κ1) is 14.6. The maximum absolute atomic E-state index is 6.27. The molecule has 2 aliphatic rings. The van der Waals surface area contributed by atoms with Gasteiger partial charge in [-0.3, -0.25) is 0 Å². The van der Waals surface area contributed by atoms with Crippen molar-refractivity contribution < 1.29 is 0 Å². The number of aromatic nitrogens is 1. The zero-order valence-electron chi connectivity index (χ0n) is 12.7. The van der Waals surface area contributed by atoms with E-state index in [1.165, 1.54) is 24.0 Å². The quantitative estimate of drug-likeness (QED) is 0.878. The third-order valence-electron chi connectivity index (χ3n) is 5.58. The smallest absolute Gasteiger partial charge is 0.0595 e. The van der Waals surface area contributed by atoms with Crippen LogP contribution in [0.2, 0.25) is 10.0 Å². The SMILES string of the molecule is Cc1ccn(CC23CNCC[C@]2(c2ccc(Cl)c(Cl)c2)C3)c1. The van der Waals surface area contributed by atoms with Gasteiger partial charge in [-0.05, 0) is 55.6 Å². The number of hydrogen-bond donors (Lipinski definition) is 1. The fourth-order valence-corrected chi connectivity index (χ4v) is 4.66. The number of benzene rings is 1. The number of nitrogens with zero attached hydrogens (tertiary/aromatic N) is 1. The zero-order valence-corrected chi connectivity index (χ0v) is 14.2. The Hall–Kier alpha value is -0.960. The van der Waals surface area contributed by atoms with Gasteiger partial charge in [0, 0.05) is 36.3 Å². The van der Waals surface area contributed by atoms with E-state index in [4.69, 9.17) is 23.2 Å². The molecule has 116 valence electrons. The lowest BCUT2D eigenvalue weighted by molar-refractivity contribution is 0.285. The lowest BCUT2D eigenvalue weighted by Gasteiger charge is -2.32. The number of rotatable bonds is 3. The van der Waals surface area contributed by atoms with E-state index in [2.05, 4.69) is 47.4 Å². The largest absolute Gasteiger partial charge is 0.353 e. The highest BCUT2D eigenvalue weighted by molar-refractivity contribution is 6.42. The Morgan fingerprint density at radius 2 is 2.09 bits per heavy atom.